The van der Waals surface area contributed by atoms with Gasteiger partial charge < -0.3 is 5.32 Å². The largest absolute Gasteiger partial charge is 0.313 e. The van der Waals surface area contributed by atoms with Crippen LogP contribution in [0.1, 0.15) is 18.1 Å². The molecule has 0 fully saturated rings. The number of nitriles is 1. The predicted molar refractivity (Wildman–Crippen MR) is 92.9 cm³/mol. The highest BCUT2D eigenvalue weighted by atomic mass is 32.1. The van der Waals surface area contributed by atoms with Gasteiger partial charge in [-0.25, -0.2) is 4.98 Å². The highest BCUT2D eigenvalue weighted by Gasteiger charge is 2.10. The zero-order valence-corrected chi connectivity index (χ0v) is 13.6. The molecule has 0 spiro atoms. The fraction of sp³-hybridized carbons (Fsp3) is 0.167. The van der Waals surface area contributed by atoms with E-state index < -0.39 is 0 Å². The normalized spacial score (nSPS) is 10.4. The molecule has 2 aromatic heterocycles. The number of benzene rings is 1. The lowest BCUT2D eigenvalue weighted by atomic mass is 10.1. The van der Waals surface area contributed by atoms with Crippen molar-refractivity contribution in [3.05, 3.63) is 59.2 Å². The second kappa shape index (κ2) is 7.14. The van der Waals surface area contributed by atoms with Crippen LogP contribution >= 0.6 is 11.3 Å². The molecule has 0 unspecified atom stereocenters. The number of rotatable bonds is 5. The monoisotopic (exact) mass is 320 g/mol. The molecule has 0 aliphatic heterocycles. The topological polar surface area (TPSA) is 61.6 Å². The molecule has 3 rings (SSSR count). The average molecular weight is 320 g/mol. The first-order valence-electron chi connectivity index (χ1n) is 7.42. The van der Waals surface area contributed by atoms with Crippen LogP contribution in [0, 0.1) is 11.3 Å². The molecule has 0 bridgehead atoms. The number of hydrogen-bond donors (Lipinski definition) is 1. The number of thiazole rings is 1. The maximum atomic E-state index is 8.88. The third kappa shape index (κ3) is 3.45. The molecule has 0 saturated heterocycles. The number of pyridine rings is 1. The molecule has 0 amide bonds. The number of nitrogens with zero attached hydrogens (tertiary/aromatic N) is 3. The molecule has 1 N–H and O–H groups in total. The molecular formula is C18H16N4S. The van der Waals surface area contributed by atoms with Gasteiger partial charge in [0.25, 0.3) is 0 Å². The zero-order chi connectivity index (χ0) is 16.1. The van der Waals surface area contributed by atoms with Crippen molar-refractivity contribution < 1.29 is 0 Å². The summed E-state index contributed by atoms with van der Waals surface area (Å²) < 4.78 is 0. The Bertz CT molecular complexity index is 831. The van der Waals surface area contributed by atoms with Gasteiger partial charge >= 0.3 is 0 Å². The van der Waals surface area contributed by atoms with Crippen LogP contribution in [-0.2, 0) is 6.54 Å². The lowest BCUT2D eigenvalue weighted by Gasteiger charge is -2.06. The van der Waals surface area contributed by atoms with E-state index in [-0.39, 0.29) is 0 Å². The Balaban J connectivity index is 1.91. The summed E-state index contributed by atoms with van der Waals surface area (Å²) in [5.41, 5.74) is 4.86. The van der Waals surface area contributed by atoms with Gasteiger partial charge in [0, 0.05) is 35.4 Å². The van der Waals surface area contributed by atoms with Gasteiger partial charge in [-0.15, -0.1) is 11.3 Å². The molecule has 1 aromatic carbocycles. The standard InChI is InChI=1S/C18H16N4S/c1-2-20-10-15-7-8-21-11-16(15)18-22-17(12-23-18)14-5-3-13(9-19)4-6-14/h3-8,11-12,20H,2,10H2,1H3. The quantitative estimate of drug-likeness (QED) is 0.775. The third-order valence-corrected chi connectivity index (χ3v) is 4.40. The Morgan fingerprint density at radius 3 is 2.78 bits per heavy atom. The molecule has 114 valence electrons. The average Bonchev–Trinajstić information content (AvgIpc) is 3.10. The molecule has 0 aliphatic carbocycles. The van der Waals surface area contributed by atoms with Crippen molar-refractivity contribution in [1.82, 2.24) is 15.3 Å². The van der Waals surface area contributed by atoms with Crippen LogP contribution in [0.15, 0.2) is 48.1 Å². The van der Waals surface area contributed by atoms with Gasteiger partial charge in [-0.1, -0.05) is 19.1 Å². The molecule has 4 nitrogen and oxygen atoms in total. The van der Waals surface area contributed by atoms with Crippen molar-refractivity contribution >= 4 is 11.3 Å². The Hall–Kier alpha value is -2.55. The Morgan fingerprint density at radius 2 is 2.04 bits per heavy atom. The summed E-state index contributed by atoms with van der Waals surface area (Å²) in [6.45, 7) is 3.82. The molecule has 0 atom stereocenters. The predicted octanol–water partition coefficient (Wildman–Crippen LogP) is 3.85. The van der Waals surface area contributed by atoms with E-state index in [4.69, 9.17) is 10.2 Å². The summed E-state index contributed by atoms with van der Waals surface area (Å²) in [5, 5.41) is 15.2. The summed E-state index contributed by atoms with van der Waals surface area (Å²) in [6, 6.07) is 11.6. The van der Waals surface area contributed by atoms with Crippen LogP contribution in [0.5, 0.6) is 0 Å². The van der Waals surface area contributed by atoms with E-state index in [1.54, 1.807) is 11.3 Å². The first-order chi connectivity index (χ1) is 11.3. The zero-order valence-electron chi connectivity index (χ0n) is 12.8. The van der Waals surface area contributed by atoms with Crippen LogP contribution in [0.2, 0.25) is 0 Å². The second-order valence-corrected chi connectivity index (χ2v) is 5.90. The Morgan fingerprint density at radius 1 is 1.22 bits per heavy atom. The second-order valence-electron chi connectivity index (χ2n) is 5.04. The van der Waals surface area contributed by atoms with Gasteiger partial charge in [-0.3, -0.25) is 4.98 Å². The highest BCUT2D eigenvalue weighted by Crippen LogP contribution is 2.30. The Kier molecular flexibility index (Phi) is 4.77. The van der Waals surface area contributed by atoms with Gasteiger partial charge in [-0.05, 0) is 30.3 Å². The van der Waals surface area contributed by atoms with Crippen LogP contribution < -0.4 is 5.32 Å². The third-order valence-electron chi connectivity index (χ3n) is 3.52. The van der Waals surface area contributed by atoms with Gasteiger partial charge in [0.2, 0.25) is 0 Å². The summed E-state index contributed by atoms with van der Waals surface area (Å²) in [7, 11) is 0. The summed E-state index contributed by atoms with van der Waals surface area (Å²) in [5.74, 6) is 0. The molecule has 3 aromatic rings. The van der Waals surface area contributed by atoms with Crippen molar-refractivity contribution in [1.29, 1.82) is 5.26 Å². The molecule has 0 aliphatic rings. The smallest absolute Gasteiger partial charge is 0.125 e. The number of nitrogens with one attached hydrogen (secondary N) is 1. The van der Waals surface area contributed by atoms with Crippen LogP contribution in [-0.4, -0.2) is 16.5 Å². The molecule has 0 saturated carbocycles. The van der Waals surface area contributed by atoms with Crippen molar-refractivity contribution in [3.63, 3.8) is 0 Å². The van der Waals surface area contributed by atoms with Gasteiger partial charge in [0.15, 0.2) is 0 Å². The Labute approximate surface area is 139 Å². The number of hydrogen-bond acceptors (Lipinski definition) is 5. The SMILES string of the molecule is CCNCc1ccncc1-c1nc(-c2ccc(C#N)cc2)cs1. The lowest BCUT2D eigenvalue weighted by Crippen LogP contribution is -2.12. The van der Waals surface area contributed by atoms with Crippen LogP contribution in [0.25, 0.3) is 21.8 Å². The van der Waals surface area contributed by atoms with Gasteiger partial charge in [0.05, 0.1) is 17.3 Å². The molecule has 2 heterocycles. The number of aromatic nitrogens is 2. The minimum atomic E-state index is 0.657. The van der Waals surface area contributed by atoms with E-state index >= 15 is 0 Å². The van der Waals surface area contributed by atoms with Crippen molar-refractivity contribution in [2.24, 2.45) is 0 Å². The molecule has 23 heavy (non-hydrogen) atoms. The van der Waals surface area contributed by atoms with E-state index in [1.165, 1.54) is 5.56 Å². The first kappa shape index (κ1) is 15.3. The van der Waals surface area contributed by atoms with E-state index in [2.05, 4.69) is 23.3 Å². The maximum absolute atomic E-state index is 8.88. The van der Waals surface area contributed by atoms with Crippen molar-refractivity contribution in [3.8, 4) is 27.9 Å². The summed E-state index contributed by atoms with van der Waals surface area (Å²) in [4.78, 5) is 8.98. The minimum Gasteiger partial charge on any atom is -0.313 e. The summed E-state index contributed by atoms with van der Waals surface area (Å²) >= 11 is 1.61. The van der Waals surface area contributed by atoms with Gasteiger partial charge in [-0.2, -0.15) is 5.26 Å². The van der Waals surface area contributed by atoms with Crippen molar-refractivity contribution in [2.75, 3.05) is 6.54 Å². The van der Waals surface area contributed by atoms with E-state index in [0.717, 1.165) is 34.9 Å². The molecular weight excluding hydrogens is 304 g/mol. The summed E-state index contributed by atoms with van der Waals surface area (Å²) in [6.07, 6.45) is 3.68. The van der Waals surface area contributed by atoms with Crippen molar-refractivity contribution in [2.45, 2.75) is 13.5 Å². The minimum absolute atomic E-state index is 0.657. The highest BCUT2D eigenvalue weighted by molar-refractivity contribution is 7.13. The molecule has 0 radical (unpaired) electrons. The fourth-order valence-corrected chi connectivity index (χ4v) is 3.15. The van der Waals surface area contributed by atoms with E-state index in [0.29, 0.717) is 5.56 Å². The van der Waals surface area contributed by atoms with Gasteiger partial charge in [0.1, 0.15) is 5.01 Å². The fourth-order valence-electron chi connectivity index (χ4n) is 2.28. The van der Waals surface area contributed by atoms with Crippen LogP contribution in [0.4, 0.5) is 0 Å². The first-order valence-corrected chi connectivity index (χ1v) is 8.30. The van der Waals surface area contributed by atoms with E-state index in [9.17, 15) is 0 Å². The van der Waals surface area contributed by atoms with Crippen LogP contribution in [0.3, 0.4) is 0 Å². The van der Waals surface area contributed by atoms with E-state index in [1.807, 2.05) is 48.1 Å². The molecule has 5 heteroatoms. The lowest BCUT2D eigenvalue weighted by molar-refractivity contribution is 0.727. The maximum Gasteiger partial charge on any atom is 0.125 e.